The van der Waals surface area contributed by atoms with Gasteiger partial charge in [-0.25, -0.2) is 0 Å². The lowest BCUT2D eigenvalue weighted by Crippen LogP contribution is -2.34. The third-order valence-corrected chi connectivity index (χ3v) is 2.91. The summed E-state index contributed by atoms with van der Waals surface area (Å²) in [5.74, 6) is 4.66. The lowest BCUT2D eigenvalue weighted by molar-refractivity contribution is 0.0845. The zero-order valence-electron chi connectivity index (χ0n) is 9.19. The van der Waals surface area contributed by atoms with Crippen LogP contribution in [0.4, 0.5) is 5.69 Å². The third kappa shape index (κ3) is 1.53. The molecule has 1 aliphatic heterocycles. The molecule has 18 heavy (non-hydrogen) atoms. The SMILES string of the molecule is Cl.NNc1ccc2c3c(cccc13)C(=O)NC2=O. The summed E-state index contributed by atoms with van der Waals surface area (Å²) >= 11 is 0. The smallest absolute Gasteiger partial charge is 0.258 e. The van der Waals surface area contributed by atoms with Crippen LogP contribution < -0.4 is 16.6 Å². The number of carbonyl (C=O) groups is 2. The molecular weight excluding hydrogens is 254 g/mol. The fraction of sp³-hybridized carbons (Fsp3) is 0. The molecule has 4 N–H and O–H groups in total. The molecule has 0 spiro atoms. The van der Waals surface area contributed by atoms with Gasteiger partial charge in [-0.3, -0.25) is 20.7 Å². The number of hydrogen-bond acceptors (Lipinski definition) is 4. The summed E-state index contributed by atoms with van der Waals surface area (Å²) in [6.07, 6.45) is 0. The van der Waals surface area contributed by atoms with Crippen molar-refractivity contribution in [2.24, 2.45) is 5.84 Å². The lowest BCUT2D eigenvalue weighted by atomic mass is 9.94. The average molecular weight is 264 g/mol. The van der Waals surface area contributed by atoms with Crippen molar-refractivity contribution in [1.82, 2.24) is 5.32 Å². The quantitative estimate of drug-likeness (QED) is 0.413. The Morgan fingerprint density at radius 2 is 1.67 bits per heavy atom. The first kappa shape index (κ1) is 12.3. The van der Waals surface area contributed by atoms with Gasteiger partial charge in [-0.15, -0.1) is 12.4 Å². The number of nitrogen functional groups attached to an aromatic ring is 1. The van der Waals surface area contributed by atoms with Crippen LogP contribution >= 0.6 is 12.4 Å². The van der Waals surface area contributed by atoms with Gasteiger partial charge >= 0.3 is 0 Å². The summed E-state index contributed by atoms with van der Waals surface area (Å²) < 4.78 is 0. The van der Waals surface area contributed by atoms with Crippen molar-refractivity contribution in [2.45, 2.75) is 0 Å². The summed E-state index contributed by atoms with van der Waals surface area (Å²) in [6.45, 7) is 0. The van der Waals surface area contributed by atoms with Crippen LogP contribution in [0, 0.1) is 0 Å². The molecule has 0 radical (unpaired) electrons. The molecule has 3 rings (SSSR count). The van der Waals surface area contributed by atoms with E-state index in [-0.39, 0.29) is 24.2 Å². The molecular formula is C12H10ClN3O2. The Labute approximate surface area is 109 Å². The van der Waals surface area contributed by atoms with E-state index in [1.165, 1.54) is 0 Å². The van der Waals surface area contributed by atoms with Crippen molar-refractivity contribution in [3.63, 3.8) is 0 Å². The number of amides is 2. The molecule has 0 saturated heterocycles. The van der Waals surface area contributed by atoms with Crippen molar-refractivity contribution in [3.05, 3.63) is 41.5 Å². The Morgan fingerprint density at radius 1 is 1.00 bits per heavy atom. The number of imide groups is 1. The minimum Gasteiger partial charge on any atom is -0.324 e. The van der Waals surface area contributed by atoms with Gasteiger partial charge < -0.3 is 5.43 Å². The molecule has 2 aromatic rings. The van der Waals surface area contributed by atoms with Gasteiger partial charge in [-0.2, -0.15) is 0 Å². The second kappa shape index (κ2) is 4.29. The number of anilines is 1. The normalized spacial score (nSPS) is 12.9. The Bertz CT molecular complexity index is 649. The van der Waals surface area contributed by atoms with E-state index in [2.05, 4.69) is 10.7 Å². The summed E-state index contributed by atoms with van der Waals surface area (Å²) in [6, 6.07) is 8.65. The standard InChI is InChI=1S/C12H9N3O2.ClH/c13-15-9-5-4-8-10-6(9)2-1-3-7(10)11(16)14-12(8)17;/h1-5,15H,13H2,(H,14,16,17);1H. The van der Waals surface area contributed by atoms with Crippen molar-refractivity contribution in [1.29, 1.82) is 0 Å². The predicted molar refractivity (Wildman–Crippen MR) is 70.8 cm³/mol. The van der Waals surface area contributed by atoms with Crippen LogP contribution in [0.25, 0.3) is 10.8 Å². The number of hydrazine groups is 1. The molecule has 2 amide bonds. The number of nitrogens with one attached hydrogen (secondary N) is 2. The summed E-state index contributed by atoms with van der Waals surface area (Å²) in [7, 11) is 0. The van der Waals surface area contributed by atoms with Crippen molar-refractivity contribution < 1.29 is 9.59 Å². The predicted octanol–water partition coefficient (Wildman–Crippen LogP) is 1.43. The van der Waals surface area contributed by atoms with E-state index in [0.717, 1.165) is 5.39 Å². The highest BCUT2D eigenvalue weighted by molar-refractivity contribution is 6.26. The monoisotopic (exact) mass is 263 g/mol. The van der Waals surface area contributed by atoms with Crippen LogP contribution in [-0.4, -0.2) is 11.8 Å². The zero-order valence-corrected chi connectivity index (χ0v) is 10.0. The number of carbonyl (C=O) groups excluding carboxylic acids is 2. The Morgan fingerprint density at radius 3 is 2.33 bits per heavy atom. The largest absolute Gasteiger partial charge is 0.324 e. The minimum absolute atomic E-state index is 0. The van der Waals surface area contributed by atoms with E-state index >= 15 is 0 Å². The average Bonchev–Trinajstić information content (AvgIpc) is 2.35. The van der Waals surface area contributed by atoms with E-state index in [0.29, 0.717) is 22.2 Å². The fourth-order valence-electron chi connectivity index (χ4n) is 2.15. The van der Waals surface area contributed by atoms with Crippen LogP contribution in [0.2, 0.25) is 0 Å². The molecule has 0 fully saturated rings. The van der Waals surface area contributed by atoms with Crippen molar-refractivity contribution >= 4 is 40.7 Å². The molecule has 1 heterocycles. The molecule has 92 valence electrons. The third-order valence-electron chi connectivity index (χ3n) is 2.91. The molecule has 1 aliphatic rings. The Kier molecular flexibility index (Phi) is 2.94. The zero-order chi connectivity index (χ0) is 12.0. The Hall–Kier alpha value is -2.11. The first-order chi connectivity index (χ1) is 8.22. The van der Waals surface area contributed by atoms with Crippen LogP contribution in [0.15, 0.2) is 30.3 Å². The van der Waals surface area contributed by atoms with Crippen LogP contribution in [0.1, 0.15) is 20.7 Å². The molecule has 0 bridgehead atoms. The van der Waals surface area contributed by atoms with E-state index < -0.39 is 0 Å². The molecule has 2 aromatic carbocycles. The second-order valence-corrected chi connectivity index (χ2v) is 3.82. The molecule has 0 atom stereocenters. The molecule has 6 heteroatoms. The van der Waals surface area contributed by atoms with Crippen LogP contribution in [-0.2, 0) is 0 Å². The van der Waals surface area contributed by atoms with Crippen LogP contribution in [0.5, 0.6) is 0 Å². The van der Waals surface area contributed by atoms with Gasteiger partial charge in [0.1, 0.15) is 0 Å². The van der Waals surface area contributed by atoms with Crippen LogP contribution in [0.3, 0.4) is 0 Å². The molecule has 5 nitrogen and oxygen atoms in total. The van der Waals surface area contributed by atoms with Crippen molar-refractivity contribution in [2.75, 3.05) is 5.43 Å². The van der Waals surface area contributed by atoms with Gasteiger partial charge in [0.2, 0.25) is 0 Å². The highest BCUT2D eigenvalue weighted by Crippen LogP contribution is 2.31. The first-order valence-corrected chi connectivity index (χ1v) is 5.10. The molecule has 0 saturated carbocycles. The maximum Gasteiger partial charge on any atom is 0.258 e. The van der Waals surface area contributed by atoms with Gasteiger partial charge in [0.05, 0.1) is 5.69 Å². The molecule has 0 aliphatic carbocycles. The molecule has 0 aromatic heterocycles. The number of hydrogen-bond donors (Lipinski definition) is 3. The summed E-state index contributed by atoms with van der Waals surface area (Å²) in [4.78, 5) is 23.4. The van der Waals surface area contributed by atoms with E-state index in [1.54, 1.807) is 24.3 Å². The van der Waals surface area contributed by atoms with E-state index in [4.69, 9.17) is 5.84 Å². The minimum atomic E-state index is -0.373. The van der Waals surface area contributed by atoms with E-state index in [1.807, 2.05) is 6.07 Å². The topological polar surface area (TPSA) is 84.2 Å². The maximum absolute atomic E-state index is 11.7. The van der Waals surface area contributed by atoms with Gasteiger partial charge in [0.25, 0.3) is 11.8 Å². The number of benzene rings is 2. The van der Waals surface area contributed by atoms with Gasteiger partial charge in [0, 0.05) is 21.9 Å². The maximum atomic E-state index is 11.7. The summed E-state index contributed by atoms with van der Waals surface area (Å²) in [5.41, 5.74) is 4.24. The first-order valence-electron chi connectivity index (χ1n) is 5.10. The lowest BCUT2D eigenvalue weighted by Gasteiger charge is -2.18. The van der Waals surface area contributed by atoms with Crippen molar-refractivity contribution in [3.8, 4) is 0 Å². The highest BCUT2D eigenvalue weighted by Gasteiger charge is 2.25. The Balaban J connectivity index is 0.00000120. The second-order valence-electron chi connectivity index (χ2n) is 3.82. The van der Waals surface area contributed by atoms with Gasteiger partial charge in [0.15, 0.2) is 0 Å². The summed E-state index contributed by atoms with van der Waals surface area (Å²) in [5, 5.41) is 3.72. The number of rotatable bonds is 1. The molecule has 0 unspecified atom stereocenters. The number of nitrogens with two attached hydrogens (primary N) is 1. The van der Waals surface area contributed by atoms with E-state index in [9.17, 15) is 9.59 Å². The van der Waals surface area contributed by atoms with Gasteiger partial charge in [-0.05, 0) is 18.2 Å². The number of halogens is 1. The van der Waals surface area contributed by atoms with Gasteiger partial charge in [-0.1, -0.05) is 12.1 Å². The fourth-order valence-corrected chi connectivity index (χ4v) is 2.15. The highest BCUT2D eigenvalue weighted by atomic mass is 35.5.